The third-order valence-electron chi connectivity index (χ3n) is 4.24. The average Bonchev–Trinajstić information content (AvgIpc) is 2.62. The lowest BCUT2D eigenvalue weighted by atomic mass is 9.55. The molecule has 8 heteroatoms. The van der Waals surface area contributed by atoms with Crippen molar-refractivity contribution in [3.63, 3.8) is 0 Å². The Balaban J connectivity index is 2.34. The summed E-state index contributed by atoms with van der Waals surface area (Å²) in [5.74, 6) is -1.15. The minimum atomic E-state index is -0.957. The van der Waals surface area contributed by atoms with Crippen molar-refractivity contribution in [2.24, 2.45) is 11.5 Å². The number of aryl methyl sites for hydroxylation is 2. The second-order valence-corrected chi connectivity index (χ2v) is 7.26. The summed E-state index contributed by atoms with van der Waals surface area (Å²) in [5, 5.41) is 1.12. The number of carbonyl (C=O) groups excluding carboxylic acids is 2. The Labute approximate surface area is 169 Å². The number of rotatable bonds is 7. The zero-order chi connectivity index (χ0) is 20.1. The molecular weight excluding hydrogens is 386 g/mol. The SMILES string of the molecule is Cc1ccc(B(OC(=O)C(N)CCC(N)=O)c2ccc(C)c(Cl)c2)cc1Cl. The molecule has 0 spiro atoms. The van der Waals surface area contributed by atoms with Crippen LogP contribution in [0.5, 0.6) is 0 Å². The number of hydrogen-bond acceptors (Lipinski definition) is 4. The van der Waals surface area contributed by atoms with E-state index in [1.807, 2.05) is 38.1 Å². The lowest BCUT2D eigenvalue weighted by molar-refractivity contribution is -0.136. The van der Waals surface area contributed by atoms with Gasteiger partial charge in [-0.3, -0.25) is 9.59 Å². The molecule has 0 bridgehead atoms. The van der Waals surface area contributed by atoms with Crippen LogP contribution in [0, 0.1) is 13.8 Å². The molecule has 0 saturated carbocycles. The molecule has 1 atom stereocenters. The van der Waals surface area contributed by atoms with E-state index in [0.29, 0.717) is 21.0 Å². The lowest BCUT2D eigenvalue weighted by Crippen LogP contribution is -2.49. The Bertz CT molecular complexity index is 809. The summed E-state index contributed by atoms with van der Waals surface area (Å²) in [6.45, 7) is 3.04. The predicted octanol–water partition coefficient (Wildman–Crippen LogP) is 1.85. The number of benzene rings is 2. The molecule has 5 nitrogen and oxygen atoms in total. The van der Waals surface area contributed by atoms with Gasteiger partial charge in [-0.15, -0.1) is 0 Å². The molecule has 4 N–H and O–H groups in total. The number of halogens is 2. The van der Waals surface area contributed by atoms with Crippen molar-refractivity contribution >= 4 is 52.9 Å². The van der Waals surface area contributed by atoms with Crippen molar-refractivity contribution in [3.05, 3.63) is 57.6 Å². The highest BCUT2D eigenvalue weighted by Gasteiger charge is 2.29. The van der Waals surface area contributed by atoms with Gasteiger partial charge in [0, 0.05) is 16.5 Å². The van der Waals surface area contributed by atoms with Crippen LogP contribution in [0.1, 0.15) is 24.0 Å². The highest BCUT2D eigenvalue weighted by molar-refractivity contribution is 6.81. The first kappa shape index (κ1) is 21.3. The number of carbonyl (C=O) groups is 2. The largest absolute Gasteiger partial charge is 0.525 e. The molecule has 0 fully saturated rings. The topological polar surface area (TPSA) is 95.4 Å². The maximum Gasteiger partial charge on any atom is 0.429 e. The number of nitrogens with two attached hydrogens (primary N) is 2. The van der Waals surface area contributed by atoms with E-state index in [4.69, 9.17) is 39.3 Å². The van der Waals surface area contributed by atoms with Crippen LogP contribution in [0.4, 0.5) is 0 Å². The van der Waals surface area contributed by atoms with Crippen molar-refractivity contribution < 1.29 is 14.2 Å². The quantitative estimate of drug-likeness (QED) is 0.686. The Hall–Kier alpha value is -2.02. The molecule has 2 rings (SSSR count). The zero-order valence-electron chi connectivity index (χ0n) is 15.2. The summed E-state index contributed by atoms with van der Waals surface area (Å²) in [6.07, 6.45) is 0.123. The minimum absolute atomic E-state index is 0.00759. The molecule has 0 heterocycles. The van der Waals surface area contributed by atoms with E-state index in [-0.39, 0.29) is 12.8 Å². The fourth-order valence-electron chi connectivity index (χ4n) is 2.49. The lowest BCUT2D eigenvalue weighted by Gasteiger charge is -2.19. The Morgan fingerprint density at radius 1 is 1.04 bits per heavy atom. The van der Waals surface area contributed by atoms with Gasteiger partial charge in [-0.2, -0.15) is 0 Å². The van der Waals surface area contributed by atoms with E-state index in [1.54, 1.807) is 12.1 Å². The first-order valence-corrected chi connectivity index (χ1v) is 9.21. The van der Waals surface area contributed by atoms with Crippen LogP contribution in [0.25, 0.3) is 0 Å². The van der Waals surface area contributed by atoms with Crippen molar-refractivity contribution in [1.82, 2.24) is 0 Å². The summed E-state index contributed by atoms with van der Waals surface area (Å²) >= 11 is 12.5. The van der Waals surface area contributed by atoms with E-state index < -0.39 is 24.8 Å². The van der Waals surface area contributed by atoms with Crippen LogP contribution in [0.3, 0.4) is 0 Å². The monoisotopic (exact) mass is 406 g/mol. The Morgan fingerprint density at radius 3 is 1.93 bits per heavy atom. The van der Waals surface area contributed by atoms with Crippen molar-refractivity contribution in [1.29, 1.82) is 0 Å². The smallest absolute Gasteiger partial charge is 0.429 e. The van der Waals surface area contributed by atoms with Gasteiger partial charge in [0.2, 0.25) is 5.91 Å². The first-order valence-electron chi connectivity index (χ1n) is 8.45. The summed E-state index contributed by atoms with van der Waals surface area (Å²) in [4.78, 5) is 23.4. The van der Waals surface area contributed by atoms with Crippen molar-refractivity contribution in [3.8, 4) is 0 Å². The second-order valence-electron chi connectivity index (χ2n) is 6.45. The Kier molecular flexibility index (Phi) is 7.30. The third kappa shape index (κ3) is 5.73. The van der Waals surface area contributed by atoms with Gasteiger partial charge < -0.3 is 16.1 Å². The van der Waals surface area contributed by atoms with Gasteiger partial charge in [-0.1, -0.05) is 47.5 Å². The van der Waals surface area contributed by atoms with Gasteiger partial charge in [-0.05, 0) is 54.5 Å². The van der Waals surface area contributed by atoms with E-state index in [2.05, 4.69) is 0 Å². The standard InChI is InChI=1S/C19H21BCl2N2O3/c1-11-3-5-13(9-15(11)21)20(14-6-4-12(2)16(22)10-14)27-19(26)17(23)7-8-18(24)25/h3-6,9-10,17H,7-8,23H2,1-2H3,(H2,24,25). The van der Waals surface area contributed by atoms with Crippen LogP contribution in [-0.2, 0) is 14.2 Å². The summed E-state index contributed by atoms with van der Waals surface area (Å²) in [7, 11) is 0. The average molecular weight is 407 g/mol. The van der Waals surface area contributed by atoms with E-state index in [9.17, 15) is 9.59 Å². The maximum absolute atomic E-state index is 12.5. The van der Waals surface area contributed by atoms with Crippen LogP contribution < -0.4 is 22.4 Å². The summed E-state index contributed by atoms with van der Waals surface area (Å²) in [5.41, 5.74) is 14.2. The zero-order valence-corrected chi connectivity index (χ0v) is 16.7. The van der Waals surface area contributed by atoms with E-state index >= 15 is 0 Å². The molecule has 0 aliphatic heterocycles. The van der Waals surface area contributed by atoms with Crippen LogP contribution >= 0.6 is 23.2 Å². The molecule has 0 aliphatic carbocycles. The van der Waals surface area contributed by atoms with Gasteiger partial charge in [0.05, 0.1) is 0 Å². The molecule has 142 valence electrons. The van der Waals surface area contributed by atoms with Gasteiger partial charge in [-0.25, -0.2) is 0 Å². The fourth-order valence-corrected chi connectivity index (χ4v) is 2.87. The summed E-state index contributed by atoms with van der Waals surface area (Å²) < 4.78 is 5.67. The second kappa shape index (κ2) is 9.26. The Morgan fingerprint density at radius 2 is 1.52 bits per heavy atom. The van der Waals surface area contributed by atoms with Crippen molar-refractivity contribution in [2.75, 3.05) is 0 Å². The number of amides is 1. The maximum atomic E-state index is 12.5. The molecular formula is C19H21BCl2N2O3. The first-order chi connectivity index (χ1) is 12.7. The highest BCUT2D eigenvalue weighted by atomic mass is 35.5. The van der Waals surface area contributed by atoms with Gasteiger partial charge in [0.1, 0.15) is 6.04 Å². The summed E-state index contributed by atoms with van der Waals surface area (Å²) in [6, 6.07) is 9.91. The van der Waals surface area contributed by atoms with Gasteiger partial charge in [0.15, 0.2) is 0 Å². The van der Waals surface area contributed by atoms with Crippen molar-refractivity contribution in [2.45, 2.75) is 32.7 Å². The normalized spacial score (nSPS) is 11.7. The molecule has 0 radical (unpaired) electrons. The molecule has 0 aliphatic rings. The van der Waals surface area contributed by atoms with Crippen LogP contribution in [0.15, 0.2) is 36.4 Å². The predicted molar refractivity (Wildman–Crippen MR) is 110 cm³/mol. The number of primary amides is 1. The number of hydrogen-bond donors (Lipinski definition) is 2. The molecule has 1 amide bonds. The van der Waals surface area contributed by atoms with Gasteiger partial charge in [0.25, 0.3) is 0 Å². The molecule has 2 aromatic rings. The molecule has 27 heavy (non-hydrogen) atoms. The van der Waals surface area contributed by atoms with E-state index in [1.165, 1.54) is 0 Å². The fraction of sp³-hybridized carbons (Fsp3) is 0.263. The third-order valence-corrected chi connectivity index (χ3v) is 5.05. The van der Waals surface area contributed by atoms with Crippen LogP contribution in [0.2, 0.25) is 10.0 Å². The van der Waals surface area contributed by atoms with Crippen LogP contribution in [-0.4, -0.2) is 24.8 Å². The molecule has 2 aromatic carbocycles. The van der Waals surface area contributed by atoms with Gasteiger partial charge >= 0.3 is 12.9 Å². The minimum Gasteiger partial charge on any atom is -0.525 e. The molecule has 0 aromatic heterocycles. The molecule has 1 unspecified atom stereocenters. The molecule has 0 saturated heterocycles. The highest BCUT2D eigenvalue weighted by Crippen LogP contribution is 2.15. The van der Waals surface area contributed by atoms with E-state index in [0.717, 1.165) is 11.1 Å².